The van der Waals surface area contributed by atoms with Crippen LogP contribution in [0.25, 0.3) is 6.08 Å². The molecule has 13 heavy (non-hydrogen) atoms. The van der Waals surface area contributed by atoms with Crippen molar-refractivity contribution in [1.29, 1.82) is 0 Å². The predicted molar refractivity (Wildman–Crippen MR) is 49.1 cm³/mol. The van der Waals surface area contributed by atoms with Crippen molar-refractivity contribution in [2.24, 2.45) is 0 Å². The minimum Gasteiger partial charge on any atom is -1.00 e. The molecular weight excluding hydrogens is 190 g/mol. The number of hydrogen-bond donors (Lipinski definition) is 2. The molecule has 0 aromatic heterocycles. The predicted octanol–water partition coefficient (Wildman–Crippen LogP) is -0.835. The Kier molecular flexibility index (Phi) is 8.02. The van der Waals surface area contributed by atoms with Gasteiger partial charge in [0.15, 0.2) is 0 Å². The van der Waals surface area contributed by atoms with E-state index in [1.165, 1.54) is 0 Å². The second-order valence-corrected chi connectivity index (χ2v) is 2.08. The molecule has 0 saturated carbocycles. The number of carboxylic acids is 1. The molecule has 0 unspecified atom stereocenters. The van der Waals surface area contributed by atoms with Gasteiger partial charge in [0.1, 0.15) is 0 Å². The third-order valence-electron chi connectivity index (χ3n) is 1.22. The van der Waals surface area contributed by atoms with Gasteiger partial charge in [0.05, 0.1) is 0 Å². The Morgan fingerprint density at radius 1 is 1.23 bits per heavy atom. The number of carboxylic acid groups (broad SMARTS) is 1. The molecule has 0 aliphatic heterocycles. The lowest BCUT2D eigenvalue weighted by molar-refractivity contribution is -0.131. The van der Waals surface area contributed by atoms with Crippen LogP contribution in [0.1, 0.15) is 5.56 Å². The Morgan fingerprint density at radius 2 is 1.77 bits per heavy atom. The van der Waals surface area contributed by atoms with E-state index in [0.717, 1.165) is 11.6 Å². The van der Waals surface area contributed by atoms with Gasteiger partial charge in [-0.05, 0) is 11.6 Å². The molecule has 0 bridgehead atoms. The smallest absolute Gasteiger partial charge is 0.328 e. The highest BCUT2D eigenvalue weighted by molar-refractivity contribution is 5.85. The van der Waals surface area contributed by atoms with E-state index in [1.54, 1.807) is 6.08 Å². The van der Waals surface area contributed by atoms with Crippen LogP contribution in [0, 0.1) is 0 Å². The van der Waals surface area contributed by atoms with Crippen molar-refractivity contribution in [1.82, 2.24) is 6.15 Å². The summed E-state index contributed by atoms with van der Waals surface area (Å²) in [5, 5.41) is 8.29. The molecule has 4 heteroatoms. The highest BCUT2D eigenvalue weighted by atomic mass is 35.5. The highest BCUT2D eigenvalue weighted by Crippen LogP contribution is 1.99. The SMILES string of the molecule is O=C(O)C=Cc1ccccc1.[Cl-].[NH4+]. The molecule has 5 N–H and O–H groups in total. The molecule has 0 aliphatic carbocycles. The number of quaternary nitrogens is 1. The minimum absolute atomic E-state index is 0. The number of carbonyl (C=O) groups is 1. The molecule has 1 aromatic rings. The van der Waals surface area contributed by atoms with Gasteiger partial charge in [-0.1, -0.05) is 30.3 Å². The molecule has 0 spiro atoms. The van der Waals surface area contributed by atoms with E-state index >= 15 is 0 Å². The maximum Gasteiger partial charge on any atom is 0.328 e. The summed E-state index contributed by atoms with van der Waals surface area (Å²) in [4.78, 5) is 10.1. The van der Waals surface area contributed by atoms with Gasteiger partial charge >= 0.3 is 5.97 Å². The summed E-state index contributed by atoms with van der Waals surface area (Å²) in [7, 11) is 0. The lowest BCUT2D eigenvalue weighted by Crippen LogP contribution is -3.00. The summed E-state index contributed by atoms with van der Waals surface area (Å²) in [6, 6.07) is 9.31. The number of halogens is 1. The summed E-state index contributed by atoms with van der Waals surface area (Å²) in [5.74, 6) is -0.922. The van der Waals surface area contributed by atoms with Crippen LogP contribution in [0.5, 0.6) is 0 Å². The zero-order chi connectivity index (χ0) is 8.10. The molecule has 0 radical (unpaired) electrons. The summed E-state index contributed by atoms with van der Waals surface area (Å²) < 4.78 is 0. The van der Waals surface area contributed by atoms with Crippen molar-refractivity contribution >= 4 is 12.0 Å². The minimum atomic E-state index is -0.922. The zero-order valence-corrected chi connectivity index (χ0v) is 8.03. The van der Waals surface area contributed by atoms with Gasteiger partial charge in [-0.3, -0.25) is 0 Å². The van der Waals surface area contributed by atoms with E-state index in [0.29, 0.717) is 0 Å². The fraction of sp³-hybridized carbons (Fsp3) is 0. The summed E-state index contributed by atoms with van der Waals surface area (Å²) in [6.45, 7) is 0. The van der Waals surface area contributed by atoms with Crippen molar-refractivity contribution in [3.8, 4) is 0 Å². The zero-order valence-electron chi connectivity index (χ0n) is 7.27. The lowest BCUT2D eigenvalue weighted by Gasteiger charge is -1.87. The molecule has 0 aliphatic rings. The molecule has 3 nitrogen and oxygen atoms in total. The summed E-state index contributed by atoms with van der Waals surface area (Å²) >= 11 is 0. The van der Waals surface area contributed by atoms with E-state index in [1.807, 2.05) is 30.3 Å². The Morgan fingerprint density at radius 3 is 2.23 bits per heavy atom. The Bertz CT molecular complexity index is 272. The average Bonchev–Trinajstić information content (AvgIpc) is 2.03. The van der Waals surface area contributed by atoms with Crippen LogP contribution in [-0.2, 0) is 4.79 Å². The van der Waals surface area contributed by atoms with Crippen molar-refractivity contribution in [2.45, 2.75) is 0 Å². The highest BCUT2D eigenvalue weighted by Gasteiger charge is 1.85. The van der Waals surface area contributed by atoms with E-state index in [2.05, 4.69) is 0 Å². The Balaban J connectivity index is 0. The third-order valence-corrected chi connectivity index (χ3v) is 1.22. The molecule has 0 amide bonds. The first-order chi connectivity index (χ1) is 5.29. The van der Waals surface area contributed by atoms with E-state index in [9.17, 15) is 4.79 Å². The standard InChI is InChI=1S/C9H8O2.ClH.H3N/c10-9(11)7-6-8-4-2-1-3-5-8;;/h1-7H,(H,10,11);1H;1H3. The van der Waals surface area contributed by atoms with Crippen molar-refractivity contribution in [3.05, 3.63) is 42.0 Å². The summed E-state index contributed by atoms with van der Waals surface area (Å²) in [6.07, 6.45) is 2.68. The largest absolute Gasteiger partial charge is 1.00 e. The quantitative estimate of drug-likeness (QED) is 0.613. The molecule has 0 fully saturated rings. The first-order valence-electron chi connectivity index (χ1n) is 3.25. The second-order valence-electron chi connectivity index (χ2n) is 2.08. The van der Waals surface area contributed by atoms with Crippen molar-refractivity contribution in [2.75, 3.05) is 0 Å². The van der Waals surface area contributed by atoms with Gasteiger partial charge in [0.25, 0.3) is 0 Å². The number of hydrogen-bond acceptors (Lipinski definition) is 1. The molecule has 0 saturated heterocycles. The molecule has 1 rings (SSSR count). The molecular formula is C9H12ClNO2. The fourth-order valence-electron chi connectivity index (χ4n) is 0.732. The van der Waals surface area contributed by atoms with E-state index < -0.39 is 5.97 Å². The average molecular weight is 202 g/mol. The molecule has 1 aromatic carbocycles. The van der Waals surface area contributed by atoms with Gasteiger partial charge in [-0.2, -0.15) is 0 Å². The van der Waals surface area contributed by atoms with Gasteiger partial charge in [0, 0.05) is 6.08 Å². The Labute approximate surface area is 83.1 Å². The molecule has 72 valence electrons. The van der Waals surface area contributed by atoms with Crippen LogP contribution in [0.3, 0.4) is 0 Å². The molecule has 0 atom stereocenters. The summed E-state index contributed by atoms with van der Waals surface area (Å²) in [5.41, 5.74) is 0.898. The Hall–Kier alpha value is -1.32. The normalized spacial score (nSPS) is 8.62. The number of aliphatic carboxylic acids is 1. The van der Waals surface area contributed by atoms with Crippen LogP contribution >= 0.6 is 0 Å². The van der Waals surface area contributed by atoms with Gasteiger partial charge in [0.2, 0.25) is 0 Å². The van der Waals surface area contributed by atoms with Crippen LogP contribution in [0.2, 0.25) is 0 Å². The van der Waals surface area contributed by atoms with Crippen LogP contribution in [-0.4, -0.2) is 11.1 Å². The van der Waals surface area contributed by atoms with Crippen LogP contribution < -0.4 is 18.6 Å². The van der Waals surface area contributed by atoms with Gasteiger partial charge in [-0.25, -0.2) is 4.79 Å². The maximum atomic E-state index is 10.1. The van der Waals surface area contributed by atoms with Gasteiger partial charge in [-0.15, -0.1) is 0 Å². The van der Waals surface area contributed by atoms with Gasteiger partial charge < -0.3 is 23.7 Å². The molecule has 0 heterocycles. The van der Waals surface area contributed by atoms with Crippen LogP contribution in [0.4, 0.5) is 0 Å². The lowest BCUT2D eigenvalue weighted by atomic mass is 10.2. The number of benzene rings is 1. The van der Waals surface area contributed by atoms with Crippen molar-refractivity contribution in [3.63, 3.8) is 0 Å². The topological polar surface area (TPSA) is 73.8 Å². The second kappa shape index (κ2) is 7.34. The first kappa shape index (κ1) is 14.2. The van der Waals surface area contributed by atoms with E-state index in [-0.39, 0.29) is 18.6 Å². The fourth-order valence-corrected chi connectivity index (χ4v) is 0.732. The van der Waals surface area contributed by atoms with Crippen molar-refractivity contribution < 1.29 is 22.3 Å². The monoisotopic (exact) mass is 201 g/mol. The first-order valence-corrected chi connectivity index (χ1v) is 3.25. The maximum absolute atomic E-state index is 10.1. The third kappa shape index (κ3) is 5.90. The number of rotatable bonds is 2. The van der Waals surface area contributed by atoms with Crippen LogP contribution in [0.15, 0.2) is 36.4 Å². The van der Waals surface area contributed by atoms with E-state index in [4.69, 9.17) is 5.11 Å².